The Balaban J connectivity index is 2.14. The summed E-state index contributed by atoms with van der Waals surface area (Å²) in [6.07, 6.45) is 4.55. The summed E-state index contributed by atoms with van der Waals surface area (Å²) in [5.41, 5.74) is 1.05. The number of ether oxygens (including phenoxy) is 1. The van der Waals surface area contributed by atoms with E-state index >= 15 is 0 Å². The van der Waals surface area contributed by atoms with Crippen molar-refractivity contribution in [2.75, 3.05) is 25.6 Å². The Morgan fingerprint density at radius 1 is 1.17 bits per heavy atom. The molecule has 0 aliphatic carbocycles. The number of nitro benzene ring substituents is 1. The summed E-state index contributed by atoms with van der Waals surface area (Å²) >= 11 is 0. The predicted molar refractivity (Wildman–Crippen MR) is 71.9 cm³/mol. The van der Waals surface area contributed by atoms with Gasteiger partial charge < -0.3 is 10.1 Å². The van der Waals surface area contributed by atoms with Crippen molar-refractivity contribution in [1.82, 2.24) is 0 Å². The minimum absolute atomic E-state index is 0.125. The highest BCUT2D eigenvalue weighted by Gasteiger charge is 2.02. The first-order chi connectivity index (χ1) is 8.74. The zero-order valence-corrected chi connectivity index (χ0v) is 10.7. The van der Waals surface area contributed by atoms with Crippen molar-refractivity contribution in [2.45, 2.75) is 25.7 Å². The van der Waals surface area contributed by atoms with Crippen LogP contribution in [-0.4, -0.2) is 25.2 Å². The normalized spacial score (nSPS) is 10.3. The van der Waals surface area contributed by atoms with E-state index < -0.39 is 0 Å². The van der Waals surface area contributed by atoms with Crippen molar-refractivity contribution in [3.63, 3.8) is 0 Å². The molecule has 0 atom stereocenters. The van der Waals surface area contributed by atoms with E-state index in [1.54, 1.807) is 19.2 Å². The standard InChI is InChI=1S/C13H20N2O3/c1-18-11-5-3-2-4-10-14-12-6-8-13(9-7-12)15(16)17/h6-9,14H,2-5,10-11H2,1H3. The molecule has 0 heterocycles. The van der Waals surface area contributed by atoms with E-state index in [0.29, 0.717) is 0 Å². The fourth-order valence-electron chi connectivity index (χ4n) is 1.66. The molecule has 0 aromatic heterocycles. The Bertz CT molecular complexity index is 352. The Kier molecular flexibility index (Phi) is 6.79. The van der Waals surface area contributed by atoms with Gasteiger partial charge in [0, 0.05) is 38.1 Å². The molecule has 0 fully saturated rings. The van der Waals surface area contributed by atoms with Gasteiger partial charge in [0.2, 0.25) is 0 Å². The minimum Gasteiger partial charge on any atom is -0.385 e. The molecule has 1 N–H and O–H groups in total. The molecule has 0 radical (unpaired) electrons. The molecule has 1 aromatic rings. The number of rotatable bonds is 9. The van der Waals surface area contributed by atoms with Crippen LogP contribution in [0.5, 0.6) is 0 Å². The van der Waals surface area contributed by atoms with Crippen molar-refractivity contribution in [2.24, 2.45) is 0 Å². The van der Waals surface area contributed by atoms with Gasteiger partial charge in [-0.2, -0.15) is 0 Å². The van der Waals surface area contributed by atoms with E-state index in [0.717, 1.165) is 31.7 Å². The lowest BCUT2D eigenvalue weighted by Gasteiger charge is -2.05. The molecule has 0 amide bonds. The van der Waals surface area contributed by atoms with Crippen molar-refractivity contribution in [3.8, 4) is 0 Å². The number of hydrogen-bond donors (Lipinski definition) is 1. The molecule has 0 aliphatic rings. The molecule has 5 heteroatoms. The first kappa shape index (κ1) is 14.4. The van der Waals surface area contributed by atoms with Gasteiger partial charge in [-0.1, -0.05) is 12.8 Å². The molecule has 1 aromatic carbocycles. The molecule has 100 valence electrons. The largest absolute Gasteiger partial charge is 0.385 e. The SMILES string of the molecule is COCCCCCCNc1ccc([N+](=O)[O-])cc1. The summed E-state index contributed by atoms with van der Waals surface area (Å²) < 4.78 is 4.98. The van der Waals surface area contributed by atoms with Gasteiger partial charge in [-0.25, -0.2) is 0 Å². The maximum Gasteiger partial charge on any atom is 0.269 e. The van der Waals surface area contributed by atoms with Crippen LogP contribution in [0.2, 0.25) is 0 Å². The van der Waals surface area contributed by atoms with E-state index in [9.17, 15) is 10.1 Å². The van der Waals surface area contributed by atoms with E-state index in [4.69, 9.17) is 4.74 Å². The summed E-state index contributed by atoms with van der Waals surface area (Å²) in [4.78, 5) is 10.1. The van der Waals surface area contributed by atoms with Crippen LogP contribution in [0.4, 0.5) is 11.4 Å². The molecular formula is C13H20N2O3. The molecule has 1 rings (SSSR count). The second kappa shape index (κ2) is 8.47. The average Bonchev–Trinajstić information content (AvgIpc) is 2.38. The third-order valence-corrected chi connectivity index (χ3v) is 2.68. The van der Waals surface area contributed by atoms with Gasteiger partial charge in [-0.15, -0.1) is 0 Å². The molecule has 0 unspecified atom stereocenters. The number of nitro groups is 1. The lowest BCUT2D eigenvalue weighted by molar-refractivity contribution is -0.384. The van der Waals surface area contributed by atoms with Crippen molar-refractivity contribution >= 4 is 11.4 Å². The van der Waals surface area contributed by atoms with Crippen molar-refractivity contribution in [3.05, 3.63) is 34.4 Å². The van der Waals surface area contributed by atoms with Crippen LogP contribution in [0.3, 0.4) is 0 Å². The zero-order valence-electron chi connectivity index (χ0n) is 10.7. The summed E-state index contributed by atoms with van der Waals surface area (Å²) in [7, 11) is 1.72. The van der Waals surface area contributed by atoms with Crippen LogP contribution in [0.15, 0.2) is 24.3 Å². The number of methoxy groups -OCH3 is 1. The quantitative estimate of drug-likeness (QED) is 0.416. The second-order valence-corrected chi connectivity index (χ2v) is 4.14. The van der Waals surface area contributed by atoms with Crippen LogP contribution < -0.4 is 5.32 Å². The van der Waals surface area contributed by atoms with Gasteiger partial charge in [0.1, 0.15) is 0 Å². The number of hydrogen-bond acceptors (Lipinski definition) is 4. The number of non-ortho nitro benzene ring substituents is 1. The summed E-state index contributed by atoms with van der Waals surface area (Å²) in [5.74, 6) is 0. The second-order valence-electron chi connectivity index (χ2n) is 4.14. The maximum absolute atomic E-state index is 10.5. The minimum atomic E-state index is -0.389. The lowest BCUT2D eigenvalue weighted by atomic mass is 10.2. The monoisotopic (exact) mass is 252 g/mol. The molecule has 0 aliphatic heterocycles. The molecule has 0 saturated carbocycles. The zero-order chi connectivity index (χ0) is 13.2. The van der Waals surface area contributed by atoms with Crippen LogP contribution in [0.1, 0.15) is 25.7 Å². The number of benzene rings is 1. The maximum atomic E-state index is 10.5. The molecule has 18 heavy (non-hydrogen) atoms. The van der Waals surface area contributed by atoms with Gasteiger partial charge in [0.25, 0.3) is 5.69 Å². The summed E-state index contributed by atoms with van der Waals surface area (Å²) in [6.45, 7) is 1.72. The predicted octanol–water partition coefficient (Wildman–Crippen LogP) is 3.21. The lowest BCUT2D eigenvalue weighted by Crippen LogP contribution is -2.01. The van der Waals surface area contributed by atoms with E-state index in [-0.39, 0.29) is 10.6 Å². The van der Waals surface area contributed by atoms with E-state index in [2.05, 4.69) is 5.32 Å². The number of anilines is 1. The van der Waals surface area contributed by atoms with Crippen LogP contribution in [0, 0.1) is 10.1 Å². The third kappa shape index (κ3) is 5.63. The highest BCUT2D eigenvalue weighted by molar-refractivity contribution is 5.48. The number of nitrogens with one attached hydrogen (secondary N) is 1. The molecule has 0 bridgehead atoms. The van der Waals surface area contributed by atoms with Gasteiger partial charge >= 0.3 is 0 Å². The molecule has 0 spiro atoms. The highest BCUT2D eigenvalue weighted by Crippen LogP contribution is 2.15. The van der Waals surface area contributed by atoms with Crippen molar-refractivity contribution in [1.29, 1.82) is 0 Å². The van der Waals surface area contributed by atoms with Gasteiger partial charge in [0.15, 0.2) is 0 Å². The smallest absolute Gasteiger partial charge is 0.269 e. The summed E-state index contributed by atoms with van der Waals surface area (Å²) in [5, 5.41) is 13.7. The van der Waals surface area contributed by atoms with Gasteiger partial charge in [-0.05, 0) is 25.0 Å². The van der Waals surface area contributed by atoms with Crippen LogP contribution in [-0.2, 0) is 4.74 Å². The fourth-order valence-corrected chi connectivity index (χ4v) is 1.66. The highest BCUT2D eigenvalue weighted by atomic mass is 16.6. The Labute approximate surface area is 107 Å². The fraction of sp³-hybridized carbons (Fsp3) is 0.538. The molecular weight excluding hydrogens is 232 g/mol. The summed E-state index contributed by atoms with van der Waals surface area (Å²) in [6, 6.07) is 6.51. The van der Waals surface area contributed by atoms with Gasteiger partial charge in [-0.3, -0.25) is 10.1 Å². The topological polar surface area (TPSA) is 64.4 Å². The first-order valence-corrected chi connectivity index (χ1v) is 6.21. The first-order valence-electron chi connectivity index (χ1n) is 6.21. The van der Waals surface area contributed by atoms with Crippen molar-refractivity contribution < 1.29 is 9.66 Å². The van der Waals surface area contributed by atoms with Crippen LogP contribution in [0.25, 0.3) is 0 Å². The molecule has 0 saturated heterocycles. The third-order valence-electron chi connectivity index (χ3n) is 2.68. The molecule has 5 nitrogen and oxygen atoms in total. The number of unbranched alkanes of at least 4 members (excludes halogenated alkanes) is 3. The van der Waals surface area contributed by atoms with E-state index in [1.165, 1.54) is 25.0 Å². The average molecular weight is 252 g/mol. The van der Waals surface area contributed by atoms with Crippen LogP contribution >= 0.6 is 0 Å². The Morgan fingerprint density at radius 2 is 1.83 bits per heavy atom. The van der Waals surface area contributed by atoms with E-state index in [1.807, 2.05) is 0 Å². The van der Waals surface area contributed by atoms with Gasteiger partial charge in [0.05, 0.1) is 4.92 Å². The number of nitrogens with zero attached hydrogens (tertiary/aromatic N) is 1. The Hall–Kier alpha value is -1.62. The Morgan fingerprint density at radius 3 is 2.44 bits per heavy atom.